The number of nitrogens with one attached hydrogen (secondary N) is 1. The van der Waals surface area contributed by atoms with Gasteiger partial charge >= 0.3 is 0 Å². The summed E-state index contributed by atoms with van der Waals surface area (Å²) in [6, 6.07) is 4.23. The van der Waals surface area contributed by atoms with Crippen molar-refractivity contribution >= 4 is 5.82 Å². The fraction of sp³-hybridized carbons (Fsp3) is 0.571. The smallest absolute Gasteiger partial charge is 0.143 e. The molecule has 0 aromatic carbocycles. The van der Waals surface area contributed by atoms with Crippen LogP contribution in [0.2, 0.25) is 0 Å². The Morgan fingerprint density at radius 3 is 2.88 bits per heavy atom. The van der Waals surface area contributed by atoms with E-state index in [4.69, 9.17) is 5.26 Å². The molecule has 0 aliphatic heterocycles. The number of aromatic nitrogens is 1. The van der Waals surface area contributed by atoms with Crippen LogP contribution in [0.4, 0.5) is 5.82 Å². The number of nitrogens with zero attached hydrogens (tertiary/aromatic N) is 2. The maximum absolute atomic E-state index is 9.10. The minimum Gasteiger partial charge on any atom is -0.372 e. The van der Waals surface area contributed by atoms with Crippen molar-refractivity contribution in [3.63, 3.8) is 0 Å². The van der Waals surface area contributed by atoms with Crippen molar-refractivity contribution in [1.29, 1.82) is 5.26 Å². The predicted molar refractivity (Wildman–Crippen MR) is 68.9 cm³/mol. The van der Waals surface area contributed by atoms with Gasteiger partial charge in [0.15, 0.2) is 0 Å². The van der Waals surface area contributed by atoms with Gasteiger partial charge in [-0.25, -0.2) is 4.98 Å². The topological polar surface area (TPSA) is 48.7 Å². The van der Waals surface area contributed by atoms with Crippen molar-refractivity contribution in [2.75, 3.05) is 12.4 Å². The third-order valence-electron chi connectivity index (χ3n) is 3.73. The van der Waals surface area contributed by atoms with Crippen LogP contribution in [-0.2, 0) is 12.8 Å². The Labute approximate surface area is 103 Å². The normalized spacial score (nSPS) is 18.6. The van der Waals surface area contributed by atoms with E-state index in [2.05, 4.69) is 30.2 Å². The van der Waals surface area contributed by atoms with Gasteiger partial charge in [0.05, 0.1) is 5.56 Å². The molecule has 1 aromatic heterocycles. The van der Waals surface area contributed by atoms with Crippen LogP contribution in [0, 0.1) is 23.2 Å². The lowest BCUT2D eigenvalue weighted by Gasteiger charge is -2.27. The Bertz CT molecular complexity index is 457. The number of pyridine rings is 1. The highest BCUT2D eigenvalue weighted by Gasteiger charge is 2.23. The molecule has 0 amide bonds. The summed E-state index contributed by atoms with van der Waals surface area (Å²) in [5.41, 5.74) is 3.10. The molecule has 1 aromatic rings. The molecule has 90 valence electrons. The highest BCUT2D eigenvalue weighted by molar-refractivity contribution is 5.54. The second-order valence-electron chi connectivity index (χ2n) is 5.10. The molecular weight excluding hydrogens is 210 g/mol. The summed E-state index contributed by atoms with van der Waals surface area (Å²) in [7, 11) is 1.81. The molecule has 1 aliphatic rings. The molecule has 0 saturated heterocycles. The van der Waals surface area contributed by atoms with Gasteiger partial charge in [0.25, 0.3) is 0 Å². The van der Waals surface area contributed by atoms with E-state index in [-0.39, 0.29) is 0 Å². The lowest BCUT2D eigenvalue weighted by atomic mass is 9.80. The van der Waals surface area contributed by atoms with Crippen molar-refractivity contribution in [3.05, 3.63) is 22.9 Å². The van der Waals surface area contributed by atoms with Crippen LogP contribution in [-0.4, -0.2) is 12.0 Å². The van der Waals surface area contributed by atoms with E-state index in [1.807, 2.05) is 13.1 Å². The monoisotopic (exact) mass is 229 g/mol. The number of aryl methyl sites for hydroxylation is 1. The molecule has 2 rings (SSSR count). The number of rotatable bonds is 2. The van der Waals surface area contributed by atoms with Gasteiger partial charge in [0.2, 0.25) is 0 Å². The Balaban J connectivity index is 2.36. The molecule has 0 saturated carbocycles. The van der Waals surface area contributed by atoms with Gasteiger partial charge in [0.1, 0.15) is 11.9 Å². The molecule has 0 fully saturated rings. The third-order valence-corrected chi connectivity index (χ3v) is 3.73. The predicted octanol–water partition coefficient (Wildman–Crippen LogP) is 2.76. The summed E-state index contributed by atoms with van der Waals surface area (Å²) in [4.78, 5) is 4.56. The molecule has 0 spiro atoms. The minimum absolute atomic E-state index is 0.663. The Morgan fingerprint density at radius 1 is 1.53 bits per heavy atom. The summed E-state index contributed by atoms with van der Waals surface area (Å²) in [5, 5.41) is 12.1. The Kier molecular flexibility index (Phi) is 3.33. The van der Waals surface area contributed by atoms with E-state index in [0.29, 0.717) is 17.3 Å². The fourth-order valence-electron chi connectivity index (χ4n) is 2.54. The molecule has 0 radical (unpaired) electrons. The van der Waals surface area contributed by atoms with Crippen LogP contribution in [0.1, 0.15) is 37.1 Å². The minimum atomic E-state index is 0.663. The van der Waals surface area contributed by atoms with Crippen LogP contribution >= 0.6 is 0 Å². The molecule has 1 heterocycles. The van der Waals surface area contributed by atoms with Crippen LogP contribution in [0.5, 0.6) is 0 Å². The maximum atomic E-state index is 9.10. The second-order valence-corrected chi connectivity index (χ2v) is 5.10. The standard InChI is InChI=1S/C14H19N3/c1-9(2)10-4-5-13-11(6-10)7-12(8-15)14(16-3)17-13/h7,9-10H,4-6H2,1-3H3,(H,16,17). The average Bonchev–Trinajstić information content (AvgIpc) is 2.36. The summed E-state index contributed by atoms with van der Waals surface area (Å²) in [6.45, 7) is 4.55. The molecular formula is C14H19N3. The SMILES string of the molecule is CNc1nc2c(cc1C#N)CC(C(C)C)CC2. The van der Waals surface area contributed by atoms with Gasteiger partial charge in [-0.15, -0.1) is 0 Å². The van der Waals surface area contributed by atoms with Gasteiger partial charge in [-0.3, -0.25) is 0 Å². The Hall–Kier alpha value is -1.56. The van der Waals surface area contributed by atoms with Crippen molar-refractivity contribution < 1.29 is 0 Å². The van der Waals surface area contributed by atoms with E-state index in [1.165, 1.54) is 17.7 Å². The molecule has 17 heavy (non-hydrogen) atoms. The van der Waals surface area contributed by atoms with Crippen LogP contribution in [0.25, 0.3) is 0 Å². The van der Waals surface area contributed by atoms with Crippen LogP contribution in [0.3, 0.4) is 0 Å². The molecule has 1 aliphatic carbocycles. The van der Waals surface area contributed by atoms with Crippen LogP contribution < -0.4 is 5.32 Å². The zero-order valence-corrected chi connectivity index (χ0v) is 10.7. The highest BCUT2D eigenvalue weighted by Crippen LogP contribution is 2.31. The molecule has 1 atom stereocenters. The summed E-state index contributed by atoms with van der Waals surface area (Å²) in [5.74, 6) is 2.16. The largest absolute Gasteiger partial charge is 0.372 e. The molecule has 3 nitrogen and oxygen atoms in total. The first-order valence-corrected chi connectivity index (χ1v) is 6.26. The molecule has 0 bridgehead atoms. The van der Waals surface area contributed by atoms with E-state index in [0.717, 1.165) is 18.8 Å². The lowest BCUT2D eigenvalue weighted by Crippen LogP contribution is -2.20. The van der Waals surface area contributed by atoms with E-state index in [1.54, 1.807) is 0 Å². The summed E-state index contributed by atoms with van der Waals surface area (Å²) >= 11 is 0. The zero-order chi connectivity index (χ0) is 12.4. The highest BCUT2D eigenvalue weighted by atomic mass is 15.0. The first kappa shape index (κ1) is 11.9. The van der Waals surface area contributed by atoms with Gasteiger partial charge in [-0.1, -0.05) is 13.8 Å². The first-order chi connectivity index (χ1) is 8.15. The van der Waals surface area contributed by atoms with Crippen molar-refractivity contribution in [3.8, 4) is 6.07 Å². The number of hydrogen-bond donors (Lipinski definition) is 1. The zero-order valence-electron chi connectivity index (χ0n) is 10.7. The number of nitriles is 1. The van der Waals surface area contributed by atoms with E-state index < -0.39 is 0 Å². The number of fused-ring (bicyclic) bond motifs is 1. The number of hydrogen-bond acceptors (Lipinski definition) is 3. The maximum Gasteiger partial charge on any atom is 0.143 e. The first-order valence-electron chi connectivity index (χ1n) is 6.26. The van der Waals surface area contributed by atoms with Gasteiger partial charge in [-0.2, -0.15) is 5.26 Å². The summed E-state index contributed by atoms with van der Waals surface area (Å²) < 4.78 is 0. The van der Waals surface area contributed by atoms with E-state index in [9.17, 15) is 0 Å². The van der Waals surface area contributed by atoms with Gasteiger partial charge in [0, 0.05) is 12.7 Å². The molecule has 1 unspecified atom stereocenters. The fourth-order valence-corrected chi connectivity index (χ4v) is 2.54. The van der Waals surface area contributed by atoms with Crippen molar-refractivity contribution in [2.24, 2.45) is 11.8 Å². The van der Waals surface area contributed by atoms with Crippen molar-refractivity contribution in [2.45, 2.75) is 33.1 Å². The lowest BCUT2D eigenvalue weighted by molar-refractivity contribution is 0.340. The molecule has 3 heteroatoms. The summed E-state index contributed by atoms with van der Waals surface area (Å²) in [6.07, 6.45) is 3.32. The Morgan fingerprint density at radius 2 is 2.29 bits per heavy atom. The third kappa shape index (κ3) is 2.26. The van der Waals surface area contributed by atoms with E-state index >= 15 is 0 Å². The van der Waals surface area contributed by atoms with Gasteiger partial charge < -0.3 is 5.32 Å². The quantitative estimate of drug-likeness (QED) is 0.848. The molecule has 1 N–H and O–H groups in total. The second kappa shape index (κ2) is 4.75. The number of anilines is 1. The van der Waals surface area contributed by atoms with Crippen LogP contribution in [0.15, 0.2) is 6.07 Å². The van der Waals surface area contributed by atoms with Crippen molar-refractivity contribution in [1.82, 2.24) is 4.98 Å². The average molecular weight is 229 g/mol. The van der Waals surface area contributed by atoms with Gasteiger partial charge in [-0.05, 0) is 42.7 Å².